The van der Waals surface area contributed by atoms with Crippen molar-refractivity contribution in [3.63, 3.8) is 0 Å². The highest BCUT2D eigenvalue weighted by Gasteiger charge is 2.16. The van der Waals surface area contributed by atoms with Crippen molar-refractivity contribution in [1.82, 2.24) is 15.2 Å². The molecule has 4 nitrogen and oxygen atoms in total. The summed E-state index contributed by atoms with van der Waals surface area (Å²) < 4.78 is 1.86. The molecule has 0 fully saturated rings. The van der Waals surface area contributed by atoms with Crippen LogP contribution in [0.25, 0.3) is 5.69 Å². The van der Waals surface area contributed by atoms with Crippen LogP contribution in [0.4, 0.5) is 0 Å². The maximum absolute atomic E-state index is 5.55. The first-order chi connectivity index (χ1) is 8.22. The van der Waals surface area contributed by atoms with Gasteiger partial charge in [-0.1, -0.05) is 32.0 Å². The number of hydrogen-bond acceptors (Lipinski definition) is 3. The Morgan fingerprint density at radius 2 is 1.88 bits per heavy atom. The minimum atomic E-state index is 0.0833. The van der Waals surface area contributed by atoms with E-state index in [9.17, 15) is 0 Å². The zero-order chi connectivity index (χ0) is 12.3. The Kier molecular flexibility index (Phi) is 3.56. The minimum absolute atomic E-state index is 0.0833. The molecule has 1 atom stereocenters. The molecule has 1 heterocycles. The molecule has 0 saturated heterocycles. The van der Waals surface area contributed by atoms with Crippen LogP contribution in [0.5, 0.6) is 0 Å². The van der Waals surface area contributed by atoms with Crippen LogP contribution < -0.4 is 11.3 Å². The molecule has 17 heavy (non-hydrogen) atoms. The third-order valence-corrected chi connectivity index (χ3v) is 2.80. The Labute approximate surface area is 101 Å². The number of aromatic nitrogens is 2. The molecule has 90 valence electrons. The lowest BCUT2D eigenvalue weighted by atomic mass is 10.0. The first-order valence-corrected chi connectivity index (χ1v) is 5.79. The number of nitrogens with two attached hydrogens (primary N) is 1. The van der Waals surface area contributed by atoms with Crippen molar-refractivity contribution in [2.75, 3.05) is 0 Å². The highest BCUT2D eigenvalue weighted by molar-refractivity contribution is 5.30. The average Bonchev–Trinajstić information content (AvgIpc) is 2.80. The highest BCUT2D eigenvalue weighted by atomic mass is 15.3. The van der Waals surface area contributed by atoms with Gasteiger partial charge in [-0.2, -0.15) is 5.10 Å². The van der Waals surface area contributed by atoms with Gasteiger partial charge in [-0.05, 0) is 24.1 Å². The standard InChI is InChI=1S/C13H18N4/c1-10(2)13(15-14)12-8-9-17(16-12)11-6-4-3-5-7-11/h3-10,13,15H,14H2,1-2H3. The van der Waals surface area contributed by atoms with Crippen molar-refractivity contribution in [3.8, 4) is 5.69 Å². The Morgan fingerprint density at radius 1 is 1.18 bits per heavy atom. The second kappa shape index (κ2) is 5.12. The molecule has 2 aromatic rings. The number of hydrogen-bond donors (Lipinski definition) is 2. The van der Waals surface area contributed by atoms with Crippen LogP contribution in [0.15, 0.2) is 42.6 Å². The third kappa shape index (κ3) is 2.54. The number of benzene rings is 1. The summed E-state index contributed by atoms with van der Waals surface area (Å²) in [6.45, 7) is 4.23. The number of para-hydroxylation sites is 1. The fourth-order valence-corrected chi connectivity index (χ4v) is 1.85. The molecule has 1 aromatic heterocycles. The summed E-state index contributed by atoms with van der Waals surface area (Å²) in [6, 6.07) is 12.1. The van der Waals surface area contributed by atoms with E-state index in [1.807, 2.05) is 47.3 Å². The maximum Gasteiger partial charge on any atom is 0.0814 e. The topological polar surface area (TPSA) is 55.9 Å². The molecule has 2 rings (SSSR count). The Balaban J connectivity index is 2.27. The van der Waals surface area contributed by atoms with Crippen LogP contribution in [0.3, 0.4) is 0 Å². The number of nitrogens with one attached hydrogen (secondary N) is 1. The molecule has 0 aliphatic rings. The molecule has 0 bridgehead atoms. The van der Waals surface area contributed by atoms with E-state index in [0.717, 1.165) is 11.4 Å². The fraction of sp³-hybridized carbons (Fsp3) is 0.308. The monoisotopic (exact) mass is 230 g/mol. The van der Waals surface area contributed by atoms with E-state index in [-0.39, 0.29) is 6.04 Å². The molecule has 4 heteroatoms. The first kappa shape index (κ1) is 11.8. The summed E-state index contributed by atoms with van der Waals surface area (Å²) in [6.07, 6.45) is 1.96. The van der Waals surface area contributed by atoms with E-state index in [1.54, 1.807) is 0 Å². The lowest BCUT2D eigenvalue weighted by Crippen LogP contribution is -2.31. The Hall–Kier alpha value is -1.65. The smallest absolute Gasteiger partial charge is 0.0814 e. The van der Waals surface area contributed by atoms with Crippen LogP contribution in [-0.2, 0) is 0 Å². The first-order valence-electron chi connectivity index (χ1n) is 5.79. The summed E-state index contributed by atoms with van der Waals surface area (Å²) in [5.41, 5.74) is 4.82. The van der Waals surface area contributed by atoms with Gasteiger partial charge in [0.05, 0.1) is 17.4 Å². The molecule has 0 saturated carbocycles. The van der Waals surface area contributed by atoms with Gasteiger partial charge in [0, 0.05) is 6.20 Å². The quantitative estimate of drug-likeness (QED) is 0.624. The van der Waals surface area contributed by atoms with E-state index >= 15 is 0 Å². The van der Waals surface area contributed by atoms with Gasteiger partial charge in [0.15, 0.2) is 0 Å². The van der Waals surface area contributed by atoms with Crippen molar-refractivity contribution in [2.24, 2.45) is 11.8 Å². The van der Waals surface area contributed by atoms with Gasteiger partial charge in [0.25, 0.3) is 0 Å². The molecule has 0 radical (unpaired) electrons. The molecular weight excluding hydrogens is 212 g/mol. The molecule has 0 aliphatic heterocycles. The summed E-state index contributed by atoms with van der Waals surface area (Å²) in [7, 11) is 0. The minimum Gasteiger partial charge on any atom is -0.271 e. The van der Waals surface area contributed by atoms with Crippen LogP contribution in [0.1, 0.15) is 25.6 Å². The van der Waals surface area contributed by atoms with Crippen molar-refractivity contribution in [1.29, 1.82) is 0 Å². The normalized spacial score (nSPS) is 12.9. The summed E-state index contributed by atoms with van der Waals surface area (Å²) in [4.78, 5) is 0. The largest absolute Gasteiger partial charge is 0.271 e. The number of rotatable bonds is 4. The molecule has 1 aromatic carbocycles. The highest BCUT2D eigenvalue weighted by Crippen LogP contribution is 2.19. The van der Waals surface area contributed by atoms with Gasteiger partial charge in [0.2, 0.25) is 0 Å². The fourth-order valence-electron chi connectivity index (χ4n) is 1.85. The molecule has 0 aliphatic carbocycles. The molecule has 0 amide bonds. The van der Waals surface area contributed by atoms with E-state index < -0.39 is 0 Å². The van der Waals surface area contributed by atoms with Crippen molar-refractivity contribution >= 4 is 0 Å². The lowest BCUT2D eigenvalue weighted by molar-refractivity contribution is 0.410. The molecule has 0 spiro atoms. The van der Waals surface area contributed by atoms with Gasteiger partial charge in [-0.25, -0.2) is 4.68 Å². The van der Waals surface area contributed by atoms with Gasteiger partial charge >= 0.3 is 0 Å². The second-order valence-corrected chi connectivity index (χ2v) is 4.41. The summed E-state index contributed by atoms with van der Waals surface area (Å²) in [5.74, 6) is 5.96. The summed E-state index contributed by atoms with van der Waals surface area (Å²) in [5, 5.41) is 4.55. The van der Waals surface area contributed by atoms with Gasteiger partial charge in [-0.3, -0.25) is 11.3 Å². The van der Waals surface area contributed by atoms with E-state index in [0.29, 0.717) is 5.92 Å². The Morgan fingerprint density at radius 3 is 2.47 bits per heavy atom. The van der Waals surface area contributed by atoms with Gasteiger partial charge < -0.3 is 0 Å². The van der Waals surface area contributed by atoms with Crippen molar-refractivity contribution in [3.05, 3.63) is 48.3 Å². The zero-order valence-corrected chi connectivity index (χ0v) is 10.2. The predicted molar refractivity (Wildman–Crippen MR) is 68.5 cm³/mol. The van der Waals surface area contributed by atoms with Gasteiger partial charge in [0.1, 0.15) is 0 Å². The molecule has 3 N–H and O–H groups in total. The number of hydrazine groups is 1. The van der Waals surface area contributed by atoms with Crippen LogP contribution in [-0.4, -0.2) is 9.78 Å². The van der Waals surface area contributed by atoms with E-state index in [1.165, 1.54) is 0 Å². The number of nitrogens with zero attached hydrogens (tertiary/aromatic N) is 2. The SMILES string of the molecule is CC(C)C(NN)c1ccn(-c2ccccc2)n1. The Bertz CT molecular complexity index is 461. The predicted octanol–water partition coefficient (Wildman–Crippen LogP) is 2.03. The van der Waals surface area contributed by atoms with Crippen LogP contribution in [0.2, 0.25) is 0 Å². The molecular formula is C13H18N4. The van der Waals surface area contributed by atoms with Gasteiger partial charge in [-0.15, -0.1) is 0 Å². The maximum atomic E-state index is 5.55. The second-order valence-electron chi connectivity index (χ2n) is 4.41. The lowest BCUT2D eigenvalue weighted by Gasteiger charge is -2.17. The molecule has 1 unspecified atom stereocenters. The van der Waals surface area contributed by atoms with Crippen LogP contribution >= 0.6 is 0 Å². The van der Waals surface area contributed by atoms with E-state index in [4.69, 9.17) is 5.84 Å². The van der Waals surface area contributed by atoms with Crippen LogP contribution in [0, 0.1) is 5.92 Å². The zero-order valence-electron chi connectivity index (χ0n) is 10.2. The average molecular weight is 230 g/mol. The van der Waals surface area contributed by atoms with Crippen molar-refractivity contribution < 1.29 is 0 Å². The van der Waals surface area contributed by atoms with E-state index in [2.05, 4.69) is 24.4 Å². The third-order valence-electron chi connectivity index (χ3n) is 2.80. The summed E-state index contributed by atoms with van der Waals surface area (Å²) >= 11 is 0. The van der Waals surface area contributed by atoms with Crippen molar-refractivity contribution in [2.45, 2.75) is 19.9 Å².